The first-order chi connectivity index (χ1) is 13.0. The standard InChI is InChI=1S/C20H24N2O4S/c1-11-5-7-13-16(9-11)27-20(17(13)19(24)21-2)22-18(23)12-6-8-14(25-3)15(10-12)26-4/h6,8,10-11H,5,7,9H2,1-4H3,(H,21,24)(H,22,23)/t11-/m0/s1. The molecule has 0 saturated carbocycles. The van der Waals surface area contributed by atoms with Gasteiger partial charge in [0.05, 0.1) is 19.8 Å². The fourth-order valence-electron chi connectivity index (χ4n) is 3.36. The Hall–Kier alpha value is -2.54. The van der Waals surface area contributed by atoms with Crippen molar-refractivity contribution in [3.63, 3.8) is 0 Å². The Balaban J connectivity index is 1.93. The second-order valence-electron chi connectivity index (χ2n) is 6.66. The number of methoxy groups -OCH3 is 2. The number of amides is 2. The molecule has 1 aromatic carbocycles. The predicted molar refractivity (Wildman–Crippen MR) is 106 cm³/mol. The van der Waals surface area contributed by atoms with Gasteiger partial charge in [-0.25, -0.2) is 0 Å². The molecule has 2 amide bonds. The van der Waals surface area contributed by atoms with Crippen LogP contribution in [0.5, 0.6) is 11.5 Å². The second kappa shape index (κ2) is 8.00. The Morgan fingerprint density at radius 2 is 1.89 bits per heavy atom. The lowest BCUT2D eigenvalue weighted by Crippen LogP contribution is -2.22. The molecule has 7 heteroatoms. The van der Waals surface area contributed by atoms with E-state index >= 15 is 0 Å². The number of ether oxygens (including phenoxy) is 2. The highest BCUT2D eigenvalue weighted by molar-refractivity contribution is 7.17. The second-order valence-corrected chi connectivity index (χ2v) is 7.76. The number of anilines is 1. The molecule has 3 rings (SSSR count). The van der Waals surface area contributed by atoms with E-state index in [1.54, 1.807) is 32.4 Å². The number of benzene rings is 1. The van der Waals surface area contributed by atoms with E-state index in [1.165, 1.54) is 23.3 Å². The quantitative estimate of drug-likeness (QED) is 0.822. The summed E-state index contributed by atoms with van der Waals surface area (Å²) in [6, 6.07) is 4.99. The van der Waals surface area contributed by atoms with Crippen molar-refractivity contribution in [2.24, 2.45) is 5.92 Å². The molecule has 0 radical (unpaired) electrons. The van der Waals surface area contributed by atoms with Crippen molar-refractivity contribution in [1.82, 2.24) is 5.32 Å². The summed E-state index contributed by atoms with van der Waals surface area (Å²) in [5, 5.41) is 6.23. The molecule has 2 N–H and O–H groups in total. The average molecular weight is 388 g/mol. The van der Waals surface area contributed by atoms with Crippen LogP contribution in [0, 0.1) is 5.92 Å². The molecule has 1 aliphatic rings. The SMILES string of the molecule is CNC(=O)c1c(NC(=O)c2ccc(OC)c(OC)c2)sc2c1CC[C@H](C)C2. The Morgan fingerprint density at radius 1 is 1.15 bits per heavy atom. The number of fused-ring (bicyclic) bond motifs is 1. The molecule has 27 heavy (non-hydrogen) atoms. The van der Waals surface area contributed by atoms with Crippen LogP contribution in [0.2, 0.25) is 0 Å². The first kappa shape index (κ1) is 19.2. The van der Waals surface area contributed by atoms with Crippen molar-refractivity contribution in [3.8, 4) is 11.5 Å². The first-order valence-electron chi connectivity index (χ1n) is 8.88. The van der Waals surface area contributed by atoms with Gasteiger partial charge in [0.2, 0.25) is 0 Å². The van der Waals surface area contributed by atoms with Crippen molar-refractivity contribution in [2.75, 3.05) is 26.6 Å². The minimum Gasteiger partial charge on any atom is -0.493 e. The number of nitrogens with one attached hydrogen (secondary N) is 2. The summed E-state index contributed by atoms with van der Waals surface area (Å²) in [5.41, 5.74) is 2.11. The lowest BCUT2D eigenvalue weighted by atomic mass is 9.88. The highest BCUT2D eigenvalue weighted by Gasteiger charge is 2.28. The monoisotopic (exact) mass is 388 g/mol. The maximum atomic E-state index is 12.8. The van der Waals surface area contributed by atoms with E-state index < -0.39 is 0 Å². The van der Waals surface area contributed by atoms with Gasteiger partial charge in [-0.1, -0.05) is 6.92 Å². The highest BCUT2D eigenvalue weighted by Crippen LogP contribution is 2.40. The first-order valence-corrected chi connectivity index (χ1v) is 9.70. The van der Waals surface area contributed by atoms with Gasteiger partial charge in [0.1, 0.15) is 5.00 Å². The van der Waals surface area contributed by atoms with Gasteiger partial charge in [-0.05, 0) is 48.9 Å². The molecule has 6 nitrogen and oxygen atoms in total. The highest BCUT2D eigenvalue weighted by atomic mass is 32.1. The van der Waals surface area contributed by atoms with Crippen LogP contribution in [0.25, 0.3) is 0 Å². The summed E-state index contributed by atoms with van der Waals surface area (Å²) in [6.07, 6.45) is 2.86. The van der Waals surface area contributed by atoms with E-state index in [9.17, 15) is 9.59 Å². The topological polar surface area (TPSA) is 76.7 Å². The van der Waals surface area contributed by atoms with Gasteiger partial charge in [-0.2, -0.15) is 0 Å². The number of carbonyl (C=O) groups is 2. The summed E-state index contributed by atoms with van der Waals surface area (Å²) < 4.78 is 10.5. The Kier molecular flexibility index (Phi) is 5.70. The third-order valence-corrected chi connectivity index (χ3v) is 6.01. The number of carbonyl (C=O) groups excluding carboxylic acids is 2. The number of hydrogen-bond acceptors (Lipinski definition) is 5. The van der Waals surface area contributed by atoms with Gasteiger partial charge in [-0.3, -0.25) is 9.59 Å². The Labute approximate surface area is 162 Å². The van der Waals surface area contributed by atoms with Crippen LogP contribution in [0.3, 0.4) is 0 Å². The zero-order chi connectivity index (χ0) is 19.6. The smallest absolute Gasteiger partial charge is 0.256 e. The predicted octanol–water partition coefficient (Wildman–Crippen LogP) is 3.50. The van der Waals surface area contributed by atoms with Gasteiger partial charge >= 0.3 is 0 Å². The molecule has 144 valence electrons. The summed E-state index contributed by atoms with van der Waals surface area (Å²) in [5.74, 6) is 1.18. The molecule has 0 saturated heterocycles. The van der Waals surface area contributed by atoms with E-state index in [0.717, 1.165) is 24.8 Å². The third kappa shape index (κ3) is 3.78. The zero-order valence-electron chi connectivity index (χ0n) is 16.0. The van der Waals surface area contributed by atoms with Crippen LogP contribution in [0.4, 0.5) is 5.00 Å². The molecule has 0 aliphatic heterocycles. The van der Waals surface area contributed by atoms with Gasteiger partial charge in [0.25, 0.3) is 11.8 Å². The van der Waals surface area contributed by atoms with Crippen LogP contribution in [-0.2, 0) is 12.8 Å². The summed E-state index contributed by atoms with van der Waals surface area (Å²) in [7, 11) is 4.68. The van der Waals surface area contributed by atoms with Crippen LogP contribution in [-0.4, -0.2) is 33.1 Å². The third-order valence-electron chi connectivity index (χ3n) is 4.84. The number of rotatable bonds is 5. The molecule has 1 heterocycles. The Bertz CT molecular complexity index is 875. The normalized spacial score (nSPS) is 15.6. The molecule has 0 fully saturated rings. The zero-order valence-corrected chi connectivity index (χ0v) is 16.8. The van der Waals surface area contributed by atoms with Crippen molar-refractivity contribution in [2.45, 2.75) is 26.2 Å². The maximum absolute atomic E-state index is 12.8. The van der Waals surface area contributed by atoms with Gasteiger partial charge in [0.15, 0.2) is 11.5 Å². The maximum Gasteiger partial charge on any atom is 0.256 e. The van der Waals surface area contributed by atoms with Gasteiger partial charge in [0, 0.05) is 17.5 Å². The van der Waals surface area contributed by atoms with Crippen molar-refractivity contribution < 1.29 is 19.1 Å². The van der Waals surface area contributed by atoms with E-state index in [2.05, 4.69) is 17.6 Å². The fraction of sp³-hybridized carbons (Fsp3) is 0.400. The molecule has 0 unspecified atom stereocenters. The lowest BCUT2D eigenvalue weighted by Gasteiger charge is -2.18. The van der Waals surface area contributed by atoms with E-state index in [0.29, 0.717) is 33.5 Å². The van der Waals surface area contributed by atoms with Crippen LogP contribution < -0.4 is 20.1 Å². The van der Waals surface area contributed by atoms with Crippen LogP contribution in [0.15, 0.2) is 18.2 Å². The van der Waals surface area contributed by atoms with E-state index in [1.807, 2.05) is 0 Å². The van der Waals surface area contributed by atoms with Gasteiger partial charge in [-0.15, -0.1) is 11.3 Å². The molecular weight excluding hydrogens is 364 g/mol. The van der Waals surface area contributed by atoms with E-state index in [4.69, 9.17) is 9.47 Å². The van der Waals surface area contributed by atoms with Crippen molar-refractivity contribution >= 4 is 28.2 Å². The molecule has 0 bridgehead atoms. The van der Waals surface area contributed by atoms with E-state index in [-0.39, 0.29) is 11.8 Å². The largest absolute Gasteiger partial charge is 0.493 e. The van der Waals surface area contributed by atoms with Gasteiger partial charge < -0.3 is 20.1 Å². The number of hydrogen-bond donors (Lipinski definition) is 2. The molecule has 1 aromatic heterocycles. The molecule has 2 aromatic rings. The molecule has 1 atom stereocenters. The molecular formula is C20H24N2O4S. The van der Waals surface area contributed by atoms with Crippen LogP contribution in [0.1, 0.15) is 44.5 Å². The summed E-state index contributed by atoms with van der Waals surface area (Å²) >= 11 is 1.50. The van der Waals surface area contributed by atoms with Crippen molar-refractivity contribution in [3.05, 3.63) is 39.8 Å². The summed E-state index contributed by atoms with van der Waals surface area (Å²) in [6.45, 7) is 2.21. The average Bonchev–Trinajstić information content (AvgIpc) is 3.03. The fourth-order valence-corrected chi connectivity index (χ4v) is 4.76. The summed E-state index contributed by atoms with van der Waals surface area (Å²) in [4.78, 5) is 26.4. The van der Waals surface area contributed by atoms with Crippen LogP contribution >= 0.6 is 11.3 Å². The molecule has 1 aliphatic carbocycles. The Morgan fingerprint density at radius 3 is 2.56 bits per heavy atom. The lowest BCUT2D eigenvalue weighted by molar-refractivity contribution is 0.0963. The minimum absolute atomic E-state index is 0.162. The minimum atomic E-state index is -0.284. The molecule has 0 spiro atoms. The van der Waals surface area contributed by atoms with Crippen molar-refractivity contribution in [1.29, 1.82) is 0 Å². The number of thiophene rings is 1.